The second-order valence-electron chi connectivity index (χ2n) is 10.9. The zero-order valence-corrected chi connectivity index (χ0v) is 25.9. The summed E-state index contributed by atoms with van der Waals surface area (Å²) in [6.45, 7) is 4.45. The lowest BCUT2D eigenvalue weighted by Crippen LogP contribution is -2.12. The third-order valence-corrected chi connectivity index (χ3v) is 7.57. The van der Waals surface area contributed by atoms with Crippen LogP contribution >= 0.6 is 0 Å². The quantitative estimate of drug-likeness (QED) is 0.117. The Labute approximate surface area is 252 Å². The molecule has 0 aliphatic rings. The van der Waals surface area contributed by atoms with Crippen LogP contribution in [0.2, 0.25) is 0 Å². The Kier molecular flexibility index (Phi) is 13.9. The first-order valence-corrected chi connectivity index (χ1v) is 15.6. The molecule has 0 aliphatic heterocycles. The van der Waals surface area contributed by atoms with Gasteiger partial charge in [-0.3, -0.25) is 0 Å². The van der Waals surface area contributed by atoms with E-state index in [0.717, 1.165) is 24.2 Å². The lowest BCUT2D eigenvalue weighted by Gasteiger charge is -2.17. The Hall–Kier alpha value is -3.80. The van der Waals surface area contributed by atoms with Crippen molar-refractivity contribution in [2.75, 3.05) is 24.9 Å². The van der Waals surface area contributed by atoms with E-state index in [1.807, 2.05) is 24.3 Å². The van der Waals surface area contributed by atoms with E-state index in [0.29, 0.717) is 22.5 Å². The highest BCUT2D eigenvalue weighted by molar-refractivity contribution is 6.04. The minimum atomic E-state index is -0.501. The van der Waals surface area contributed by atoms with Crippen LogP contribution in [0.4, 0.5) is 22.7 Å². The summed E-state index contributed by atoms with van der Waals surface area (Å²) in [6, 6.07) is 19.7. The maximum absolute atomic E-state index is 12.8. The van der Waals surface area contributed by atoms with Crippen molar-refractivity contribution in [1.29, 1.82) is 0 Å². The van der Waals surface area contributed by atoms with Gasteiger partial charge in [-0.15, -0.1) is 0 Å². The summed E-state index contributed by atoms with van der Waals surface area (Å²) >= 11 is 0. The number of nitrogens with one attached hydrogen (secondary N) is 2. The lowest BCUT2D eigenvalue weighted by molar-refractivity contribution is 0.0588. The molecule has 0 heterocycles. The fraction of sp³-hybridized carbons (Fsp3) is 0.444. The zero-order chi connectivity index (χ0) is 30.2. The Bertz CT molecular complexity index is 1150. The molecule has 0 spiro atoms. The number of carbonyl (C=O) groups excluding carboxylic acids is 2. The molecule has 0 aromatic heterocycles. The van der Waals surface area contributed by atoms with Crippen molar-refractivity contribution >= 4 is 34.7 Å². The van der Waals surface area contributed by atoms with Crippen LogP contribution in [0.25, 0.3) is 0 Å². The van der Waals surface area contributed by atoms with Crippen LogP contribution in [0, 0.1) is 0 Å². The smallest absolute Gasteiger partial charge is 0.340 e. The monoisotopic (exact) mass is 572 g/mol. The maximum atomic E-state index is 12.8. The molecule has 3 aromatic carbocycles. The second kappa shape index (κ2) is 17.9. The summed E-state index contributed by atoms with van der Waals surface area (Å²) in [5.41, 5.74) is 5.77. The molecule has 6 nitrogen and oxygen atoms in total. The first kappa shape index (κ1) is 32.7. The number of esters is 2. The van der Waals surface area contributed by atoms with Gasteiger partial charge in [-0.05, 0) is 73.2 Å². The molecular weight excluding hydrogens is 524 g/mol. The summed E-state index contributed by atoms with van der Waals surface area (Å²) < 4.78 is 10.2. The minimum absolute atomic E-state index is 0.316. The van der Waals surface area contributed by atoms with E-state index in [4.69, 9.17) is 9.47 Å². The molecule has 42 heavy (non-hydrogen) atoms. The van der Waals surface area contributed by atoms with Gasteiger partial charge >= 0.3 is 11.9 Å². The molecule has 0 bridgehead atoms. The van der Waals surface area contributed by atoms with Crippen LogP contribution in [0.15, 0.2) is 60.7 Å². The van der Waals surface area contributed by atoms with E-state index in [1.54, 1.807) is 12.1 Å². The molecule has 0 unspecified atom stereocenters. The average Bonchev–Trinajstić information content (AvgIpc) is 3.02. The van der Waals surface area contributed by atoms with E-state index in [-0.39, 0.29) is 0 Å². The van der Waals surface area contributed by atoms with Gasteiger partial charge in [-0.2, -0.15) is 0 Å². The van der Waals surface area contributed by atoms with Gasteiger partial charge in [0.25, 0.3) is 0 Å². The molecule has 0 atom stereocenters. The zero-order valence-electron chi connectivity index (χ0n) is 25.9. The lowest BCUT2D eigenvalue weighted by atomic mass is 10.0. The Morgan fingerprint density at radius 2 is 0.905 bits per heavy atom. The van der Waals surface area contributed by atoms with Crippen LogP contribution < -0.4 is 10.6 Å². The van der Waals surface area contributed by atoms with E-state index < -0.39 is 11.9 Å². The number of unbranched alkanes of at least 4 members (excludes halogenated alkanes) is 8. The highest BCUT2D eigenvalue weighted by Crippen LogP contribution is 2.32. The minimum Gasteiger partial charge on any atom is -0.465 e. The number of rotatable bonds is 18. The summed E-state index contributed by atoms with van der Waals surface area (Å²) in [4.78, 5) is 25.7. The van der Waals surface area contributed by atoms with Crippen LogP contribution in [-0.2, 0) is 22.3 Å². The van der Waals surface area contributed by atoms with E-state index in [9.17, 15) is 9.59 Å². The maximum Gasteiger partial charge on any atom is 0.340 e. The summed E-state index contributed by atoms with van der Waals surface area (Å²) in [7, 11) is 2.70. The molecule has 0 radical (unpaired) electrons. The van der Waals surface area contributed by atoms with Gasteiger partial charge < -0.3 is 20.1 Å². The Morgan fingerprint density at radius 1 is 0.548 bits per heavy atom. The van der Waals surface area contributed by atoms with E-state index in [2.05, 4.69) is 48.7 Å². The van der Waals surface area contributed by atoms with E-state index >= 15 is 0 Å². The molecule has 6 heteroatoms. The Morgan fingerprint density at radius 3 is 1.24 bits per heavy atom. The highest BCUT2D eigenvalue weighted by atomic mass is 16.5. The first-order valence-electron chi connectivity index (χ1n) is 15.6. The largest absolute Gasteiger partial charge is 0.465 e. The van der Waals surface area contributed by atoms with E-state index in [1.165, 1.54) is 89.6 Å². The van der Waals surface area contributed by atoms with Gasteiger partial charge in [0.2, 0.25) is 0 Å². The van der Waals surface area contributed by atoms with Crippen molar-refractivity contribution < 1.29 is 19.1 Å². The van der Waals surface area contributed by atoms with Crippen molar-refractivity contribution in [3.8, 4) is 0 Å². The van der Waals surface area contributed by atoms with Gasteiger partial charge in [0.15, 0.2) is 0 Å². The van der Waals surface area contributed by atoms with Crippen LogP contribution in [0.1, 0.15) is 110 Å². The molecule has 0 aliphatic carbocycles. The number of hydrogen-bond donors (Lipinski definition) is 2. The number of benzene rings is 3. The predicted octanol–water partition coefficient (Wildman–Crippen LogP) is 9.77. The van der Waals surface area contributed by atoms with Crippen molar-refractivity contribution in [2.24, 2.45) is 0 Å². The summed E-state index contributed by atoms with van der Waals surface area (Å²) in [5, 5.41) is 6.63. The molecule has 2 N–H and O–H groups in total. The fourth-order valence-corrected chi connectivity index (χ4v) is 5.05. The van der Waals surface area contributed by atoms with Crippen LogP contribution in [-0.4, -0.2) is 26.2 Å². The molecular formula is C36H48N2O4. The van der Waals surface area contributed by atoms with Crippen molar-refractivity contribution in [2.45, 2.75) is 90.9 Å². The summed E-state index contributed by atoms with van der Waals surface area (Å²) in [6.07, 6.45) is 14.6. The van der Waals surface area contributed by atoms with Gasteiger partial charge in [0.05, 0.1) is 36.7 Å². The first-order chi connectivity index (χ1) is 20.5. The van der Waals surface area contributed by atoms with Crippen molar-refractivity contribution in [1.82, 2.24) is 0 Å². The normalized spacial score (nSPS) is 10.8. The van der Waals surface area contributed by atoms with Gasteiger partial charge in [0.1, 0.15) is 0 Å². The molecule has 3 rings (SSSR count). The molecule has 0 saturated heterocycles. The summed E-state index contributed by atoms with van der Waals surface area (Å²) in [5.74, 6) is -1.00. The van der Waals surface area contributed by atoms with Crippen molar-refractivity contribution in [3.05, 3.63) is 82.9 Å². The van der Waals surface area contributed by atoms with Crippen molar-refractivity contribution in [3.63, 3.8) is 0 Å². The fourth-order valence-electron chi connectivity index (χ4n) is 5.05. The highest BCUT2D eigenvalue weighted by Gasteiger charge is 2.21. The Balaban J connectivity index is 1.78. The average molecular weight is 573 g/mol. The number of methoxy groups -OCH3 is 2. The standard InChI is InChI=1S/C36H48N2O4/c1-5-7-9-11-13-15-27-17-21-29(22-18-27)37-33-25-32(36(40)42-4)34(26-31(33)35(39)41-3)38-30-23-19-28(20-24-30)16-14-12-10-8-6-2/h17-26,37-38H,5-16H2,1-4H3. The topological polar surface area (TPSA) is 76.7 Å². The molecule has 0 amide bonds. The predicted molar refractivity (Wildman–Crippen MR) is 173 cm³/mol. The third-order valence-electron chi connectivity index (χ3n) is 7.57. The second-order valence-corrected chi connectivity index (χ2v) is 10.9. The van der Waals surface area contributed by atoms with Crippen LogP contribution in [0.5, 0.6) is 0 Å². The molecule has 0 fully saturated rings. The molecule has 3 aromatic rings. The molecule has 226 valence electrons. The van der Waals surface area contributed by atoms with Gasteiger partial charge in [-0.1, -0.05) is 89.5 Å². The molecule has 0 saturated carbocycles. The number of ether oxygens (including phenoxy) is 2. The number of anilines is 4. The van der Waals surface area contributed by atoms with Gasteiger partial charge in [0, 0.05) is 11.4 Å². The van der Waals surface area contributed by atoms with Crippen LogP contribution in [0.3, 0.4) is 0 Å². The number of aryl methyl sites for hydroxylation is 2. The third kappa shape index (κ3) is 10.2. The number of carbonyl (C=O) groups is 2. The number of hydrogen-bond acceptors (Lipinski definition) is 6. The van der Waals surface area contributed by atoms with Gasteiger partial charge in [-0.25, -0.2) is 9.59 Å². The SMILES string of the molecule is CCCCCCCc1ccc(Nc2cc(C(=O)OC)c(Nc3ccc(CCCCCCC)cc3)cc2C(=O)OC)cc1.